The van der Waals surface area contributed by atoms with E-state index in [0.717, 1.165) is 10.1 Å². The van der Waals surface area contributed by atoms with Crippen molar-refractivity contribution in [3.63, 3.8) is 0 Å². The van der Waals surface area contributed by atoms with Gasteiger partial charge in [-0.15, -0.1) is 11.3 Å². The van der Waals surface area contributed by atoms with Gasteiger partial charge in [0.05, 0.1) is 11.3 Å². The molecule has 2 aromatic carbocycles. The minimum absolute atomic E-state index is 0.0896. The van der Waals surface area contributed by atoms with Gasteiger partial charge in [0.1, 0.15) is 5.71 Å². The average Bonchev–Trinajstić information content (AvgIpc) is 3.19. The third-order valence-electron chi connectivity index (χ3n) is 4.31. The maximum Gasteiger partial charge on any atom is 0.435 e. The largest absolute Gasteiger partial charge is 0.435 e. The summed E-state index contributed by atoms with van der Waals surface area (Å²) >= 11 is 19.3. The number of halogens is 6. The van der Waals surface area contributed by atoms with Gasteiger partial charge in [-0.25, -0.2) is 0 Å². The van der Waals surface area contributed by atoms with E-state index in [4.69, 9.17) is 39.6 Å². The Labute approximate surface area is 171 Å². The Morgan fingerprint density at radius 3 is 2.37 bits per heavy atom. The molecule has 1 aliphatic rings. The predicted octanol–water partition coefficient (Wildman–Crippen LogP) is 7.44. The van der Waals surface area contributed by atoms with Crippen molar-refractivity contribution in [3.05, 3.63) is 68.0 Å². The lowest BCUT2D eigenvalue weighted by Gasteiger charge is -2.29. The van der Waals surface area contributed by atoms with Crippen LogP contribution < -0.4 is 0 Å². The van der Waals surface area contributed by atoms with E-state index in [2.05, 4.69) is 5.16 Å². The summed E-state index contributed by atoms with van der Waals surface area (Å²) in [6, 6.07) is 10.8. The highest BCUT2D eigenvalue weighted by atomic mass is 35.5. The molecule has 2 nitrogen and oxygen atoms in total. The standard InChI is InChI=1S/C18H9Cl3F3NOS/c19-10-4-9(5-11(20)6-10)17(18(22,23)24)8-14(25-26-17)16-7-12-13(21)2-1-3-15(12)27-16/h1-7H,8H2. The van der Waals surface area contributed by atoms with Crippen LogP contribution >= 0.6 is 46.1 Å². The average molecular weight is 451 g/mol. The van der Waals surface area contributed by atoms with E-state index < -0.39 is 18.2 Å². The second kappa shape index (κ2) is 6.55. The number of oxime groups is 1. The fraction of sp³-hybridized carbons (Fsp3) is 0.167. The van der Waals surface area contributed by atoms with Crippen molar-refractivity contribution in [3.8, 4) is 0 Å². The van der Waals surface area contributed by atoms with Crippen LogP contribution in [-0.4, -0.2) is 11.9 Å². The fourth-order valence-electron chi connectivity index (χ4n) is 2.99. The lowest BCUT2D eigenvalue weighted by atomic mass is 9.88. The van der Waals surface area contributed by atoms with E-state index >= 15 is 0 Å². The minimum atomic E-state index is -4.72. The van der Waals surface area contributed by atoms with Gasteiger partial charge in [-0.3, -0.25) is 0 Å². The van der Waals surface area contributed by atoms with Gasteiger partial charge in [0.25, 0.3) is 5.60 Å². The summed E-state index contributed by atoms with van der Waals surface area (Å²) < 4.78 is 42.9. The van der Waals surface area contributed by atoms with Crippen molar-refractivity contribution in [1.82, 2.24) is 0 Å². The lowest BCUT2D eigenvalue weighted by molar-refractivity contribution is -0.275. The predicted molar refractivity (Wildman–Crippen MR) is 103 cm³/mol. The Hall–Kier alpha value is -1.47. The molecule has 27 heavy (non-hydrogen) atoms. The molecule has 0 fully saturated rings. The van der Waals surface area contributed by atoms with E-state index in [1.54, 1.807) is 18.2 Å². The van der Waals surface area contributed by atoms with Crippen LogP contribution in [0.2, 0.25) is 15.1 Å². The van der Waals surface area contributed by atoms with Crippen molar-refractivity contribution in [2.75, 3.05) is 0 Å². The van der Waals surface area contributed by atoms with Gasteiger partial charge in [-0.1, -0.05) is 46.0 Å². The van der Waals surface area contributed by atoms with Crippen LogP contribution in [0.3, 0.4) is 0 Å². The molecule has 0 amide bonds. The Balaban J connectivity index is 1.78. The summed E-state index contributed by atoms with van der Waals surface area (Å²) in [7, 11) is 0. The number of hydrogen-bond donors (Lipinski definition) is 0. The van der Waals surface area contributed by atoms with Gasteiger partial charge in [0.15, 0.2) is 0 Å². The van der Waals surface area contributed by atoms with E-state index in [9.17, 15) is 13.2 Å². The SMILES string of the molecule is FC(F)(F)C1(c2cc(Cl)cc(Cl)c2)CC(c2cc3c(Cl)cccc3s2)=NO1. The van der Waals surface area contributed by atoms with Crippen molar-refractivity contribution in [1.29, 1.82) is 0 Å². The van der Waals surface area contributed by atoms with Crippen LogP contribution in [0, 0.1) is 0 Å². The zero-order valence-corrected chi connectivity index (χ0v) is 16.4. The Morgan fingerprint density at radius 2 is 1.74 bits per heavy atom. The summed E-state index contributed by atoms with van der Waals surface area (Å²) in [4.78, 5) is 5.58. The molecule has 0 aliphatic carbocycles. The molecular formula is C18H9Cl3F3NOS. The lowest BCUT2D eigenvalue weighted by Crippen LogP contribution is -2.42. The van der Waals surface area contributed by atoms with Crippen LogP contribution in [0.1, 0.15) is 16.9 Å². The first-order chi connectivity index (χ1) is 12.7. The van der Waals surface area contributed by atoms with Crippen LogP contribution in [0.4, 0.5) is 13.2 Å². The number of alkyl halides is 3. The number of nitrogens with zero attached hydrogens (tertiary/aromatic N) is 1. The molecule has 1 atom stereocenters. The summed E-state index contributed by atoms with van der Waals surface area (Å²) in [6.07, 6.45) is -5.21. The van der Waals surface area contributed by atoms with Gasteiger partial charge >= 0.3 is 6.18 Å². The van der Waals surface area contributed by atoms with E-state index in [1.165, 1.54) is 29.5 Å². The zero-order chi connectivity index (χ0) is 19.4. The molecule has 1 aromatic heterocycles. The number of fused-ring (bicyclic) bond motifs is 1. The summed E-state index contributed by atoms with van der Waals surface area (Å²) in [5, 5.41) is 5.23. The minimum Gasteiger partial charge on any atom is -0.374 e. The normalized spacial score (nSPS) is 20.0. The topological polar surface area (TPSA) is 21.6 Å². The zero-order valence-electron chi connectivity index (χ0n) is 13.3. The van der Waals surface area contributed by atoms with Crippen molar-refractivity contribution < 1.29 is 18.0 Å². The highest BCUT2D eigenvalue weighted by molar-refractivity contribution is 7.21. The molecule has 0 saturated heterocycles. The molecule has 0 radical (unpaired) electrons. The molecule has 0 saturated carbocycles. The van der Waals surface area contributed by atoms with Gasteiger partial charge < -0.3 is 4.84 Å². The summed E-state index contributed by atoms with van der Waals surface area (Å²) in [6.45, 7) is 0. The first kappa shape index (κ1) is 18.9. The maximum absolute atomic E-state index is 14.0. The first-order valence-electron chi connectivity index (χ1n) is 7.66. The van der Waals surface area contributed by atoms with Crippen LogP contribution in [0.15, 0.2) is 47.6 Å². The van der Waals surface area contributed by atoms with Gasteiger partial charge in [0, 0.05) is 30.7 Å². The highest BCUT2D eigenvalue weighted by Gasteiger charge is 2.62. The molecule has 0 N–H and O–H groups in total. The Kier molecular flexibility index (Phi) is 4.58. The maximum atomic E-state index is 14.0. The van der Waals surface area contributed by atoms with E-state index in [1.807, 2.05) is 6.07 Å². The quantitative estimate of drug-likeness (QED) is 0.397. The van der Waals surface area contributed by atoms with Crippen molar-refractivity contribution >= 4 is 61.9 Å². The molecule has 0 bridgehead atoms. The molecule has 1 unspecified atom stereocenters. The van der Waals surface area contributed by atoms with Gasteiger partial charge in [0.2, 0.25) is 0 Å². The molecule has 3 aromatic rings. The fourth-order valence-corrected chi connectivity index (χ4v) is 4.87. The number of rotatable bonds is 2. The smallest absolute Gasteiger partial charge is 0.374 e. The molecule has 1 aliphatic heterocycles. The highest BCUT2D eigenvalue weighted by Crippen LogP contribution is 2.50. The molecule has 0 spiro atoms. The molecular weight excluding hydrogens is 442 g/mol. The summed E-state index contributed by atoms with van der Waals surface area (Å²) in [5.41, 5.74) is -2.64. The Morgan fingerprint density at radius 1 is 1.04 bits per heavy atom. The molecule has 4 rings (SSSR count). The van der Waals surface area contributed by atoms with Crippen LogP contribution in [0.5, 0.6) is 0 Å². The number of benzene rings is 2. The third-order valence-corrected chi connectivity index (χ3v) is 6.22. The Bertz CT molecular complexity index is 1060. The van der Waals surface area contributed by atoms with Crippen LogP contribution in [0.25, 0.3) is 10.1 Å². The van der Waals surface area contributed by atoms with Crippen molar-refractivity contribution in [2.24, 2.45) is 5.16 Å². The van der Waals surface area contributed by atoms with Crippen LogP contribution in [-0.2, 0) is 10.4 Å². The first-order valence-corrected chi connectivity index (χ1v) is 9.61. The number of hydrogen-bond acceptors (Lipinski definition) is 3. The second-order valence-corrected chi connectivity index (χ2v) is 8.42. The van der Waals surface area contributed by atoms with Crippen molar-refractivity contribution in [2.45, 2.75) is 18.2 Å². The summed E-state index contributed by atoms with van der Waals surface area (Å²) in [5.74, 6) is 0. The molecule has 9 heteroatoms. The van der Waals surface area contributed by atoms with E-state index in [-0.39, 0.29) is 21.3 Å². The number of thiophene rings is 1. The molecule has 2 heterocycles. The monoisotopic (exact) mass is 449 g/mol. The second-order valence-electron chi connectivity index (χ2n) is 6.05. The van der Waals surface area contributed by atoms with Gasteiger partial charge in [-0.05, 0) is 36.4 Å². The third kappa shape index (κ3) is 3.18. The molecule has 140 valence electrons. The van der Waals surface area contributed by atoms with Gasteiger partial charge in [-0.2, -0.15) is 13.2 Å². The van der Waals surface area contributed by atoms with E-state index in [0.29, 0.717) is 9.90 Å².